The third-order valence-electron chi connectivity index (χ3n) is 5.15. The first-order valence-corrected chi connectivity index (χ1v) is 9.34. The SMILES string of the molecule is CC(C)c1ccc(Nc2cc3c(cc2F)c(=O)c(C(=O)O)cn3C2CC2)cc1. The predicted octanol–water partition coefficient (Wildman–Crippen LogP) is 5.04. The second-order valence-electron chi connectivity index (χ2n) is 7.57. The molecule has 0 atom stereocenters. The number of halogens is 1. The maximum absolute atomic E-state index is 14.7. The van der Waals surface area contributed by atoms with Gasteiger partial charge in [-0.3, -0.25) is 4.79 Å². The molecule has 1 aliphatic carbocycles. The Morgan fingerprint density at radius 3 is 2.46 bits per heavy atom. The van der Waals surface area contributed by atoms with Gasteiger partial charge in [0.05, 0.1) is 11.2 Å². The molecular weight excluding hydrogens is 359 g/mol. The molecular formula is C22H21FN2O3. The fourth-order valence-corrected chi connectivity index (χ4v) is 3.38. The molecule has 0 aliphatic heterocycles. The molecule has 0 spiro atoms. The quantitative estimate of drug-likeness (QED) is 0.650. The number of nitrogens with zero attached hydrogens (tertiary/aromatic N) is 1. The number of carbonyl (C=O) groups is 1. The van der Waals surface area contributed by atoms with Gasteiger partial charge in [0.1, 0.15) is 11.4 Å². The number of nitrogens with one attached hydrogen (secondary N) is 1. The lowest BCUT2D eigenvalue weighted by atomic mass is 10.0. The molecule has 0 radical (unpaired) electrons. The Morgan fingerprint density at radius 1 is 1.21 bits per heavy atom. The van der Waals surface area contributed by atoms with Gasteiger partial charge in [0.15, 0.2) is 0 Å². The first kappa shape index (κ1) is 18.2. The van der Waals surface area contributed by atoms with E-state index in [1.54, 1.807) is 10.6 Å². The summed E-state index contributed by atoms with van der Waals surface area (Å²) in [6, 6.07) is 10.6. The highest BCUT2D eigenvalue weighted by molar-refractivity contribution is 5.93. The number of hydrogen-bond donors (Lipinski definition) is 2. The fraction of sp³-hybridized carbons (Fsp3) is 0.273. The van der Waals surface area contributed by atoms with Crippen molar-refractivity contribution in [1.82, 2.24) is 4.57 Å². The highest BCUT2D eigenvalue weighted by Crippen LogP contribution is 2.38. The summed E-state index contributed by atoms with van der Waals surface area (Å²) in [4.78, 5) is 23.9. The van der Waals surface area contributed by atoms with Crippen LogP contribution in [0.5, 0.6) is 0 Å². The minimum absolute atomic E-state index is 0.0880. The first-order chi connectivity index (χ1) is 13.3. The molecule has 1 heterocycles. The van der Waals surface area contributed by atoms with Crippen molar-refractivity contribution < 1.29 is 14.3 Å². The minimum Gasteiger partial charge on any atom is -0.477 e. The van der Waals surface area contributed by atoms with E-state index in [-0.39, 0.29) is 22.7 Å². The molecule has 1 fully saturated rings. The Labute approximate surface area is 161 Å². The van der Waals surface area contributed by atoms with E-state index in [0.717, 1.165) is 24.6 Å². The third kappa shape index (κ3) is 3.26. The largest absolute Gasteiger partial charge is 0.477 e. The number of aromatic carboxylic acids is 1. The van der Waals surface area contributed by atoms with Crippen LogP contribution < -0.4 is 10.7 Å². The zero-order valence-corrected chi connectivity index (χ0v) is 15.7. The van der Waals surface area contributed by atoms with Crippen molar-refractivity contribution in [1.29, 1.82) is 0 Å². The molecule has 2 aromatic carbocycles. The van der Waals surface area contributed by atoms with E-state index in [1.165, 1.54) is 11.8 Å². The van der Waals surface area contributed by atoms with Crippen LogP contribution in [0.4, 0.5) is 15.8 Å². The van der Waals surface area contributed by atoms with Gasteiger partial charge in [-0.2, -0.15) is 0 Å². The van der Waals surface area contributed by atoms with Gasteiger partial charge in [-0.1, -0.05) is 26.0 Å². The molecule has 0 bridgehead atoms. The normalized spacial score (nSPS) is 13.9. The Kier molecular flexibility index (Phi) is 4.41. The Morgan fingerprint density at radius 2 is 1.89 bits per heavy atom. The number of aromatic nitrogens is 1. The van der Waals surface area contributed by atoms with Crippen LogP contribution in [0.25, 0.3) is 10.9 Å². The van der Waals surface area contributed by atoms with Gasteiger partial charge in [0, 0.05) is 23.3 Å². The Bertz CT molecular complexity index is 1130. The van der Waals surface area contributed by atoms with Gasteiger partial charge >= 0.3 is 5.97 Å². The van der Waals surface area contributed by atoms with E-state index in [1.807, 2.05) is 24.3 Å². The number of benzene rings is 2. The van der Waals surface area contributed by atoms with Crippen molar-refractivity contribution >= 4 is 28.2 Å². The second-order valence-corrected chi connectivity index (χ2v) is 7.57. The number of carboxylic acid groups (broad SMARTS) is 1. The van der Waals surface area contributed by atoms with Crippen LogP contribution >= 0.6 is 0 Å². The molecule has 4 rings (SSSR count). The molecule has 0 amide bonds. The van der Waals surface area contributed by atoms with Gasteiger partial charge in [-0.25, -0.2) is 9.18 Å². The molecule has 1 aromatic heterocycles. The van der Waals surface area contributed by atoms with Gasteiger partial charge in [0.2, 0.25) is 5.43 Å². The zero-order valence-electron chi connectivity index (χ0n) is 15.7. The molecule has 0 saturated heterocycles. The molecule has 3 aromatic rings. The van der Waals surface area contributed by atoms with Crippen molar-refractivity contribution in [3.05, 3.63) is 69.8 Å². The average Bonchev–Trinajstić information content (AvgIpc) is 3.48. The number of fused-ring (bicyclic) bond motifs is 1. The van der Waals surface area contributed by atoms with E-state index in [9.17, 15) is 19.1 Å². The Hall–Kier alpha value is -3.15. The Balaban J connectivity index is 1.81. The van der Waals surface area contributed by atoms with Gasteiger partial charge in [0.25, 0.3) is 0 Å². The van der Waals surface area contributed by atoms with Crippen molar-refractivity contribution in [2.45, 2.75) is 38.6 Å². The summed E-state index contributed by atoms with van der Waals surface area (Å²) in [7, 11) is 0. The number of pyridine rings is 1. The molecule has 6 heteroatoms. The molecule has 1 aliphatic rings. The van der Waals surface area contributed by atoms with Crippen LogP contribution in [0.15, 0.2) is 47.4 Å². The monoisotopic (exact) mass is 380 g/mol. The van der Waals surface area contributed by atoms with Gasteiger partial charge in [-0.05, 0) is 48.6 Å². The number of rotatable bonds is 5. The molecule has 0 unspecified atom stereocenters. The van der Waals surface area contributed by atoms with Crippen LogP contribution in [0.1, 0.15) is 54.6 Å². The van der Waals surface area contributed by atoms with Gasteiger partial charge < -0.3 is 15.0 Å². The zero-order chi connectivity index (χ0) is 20.0. The first-order valence-electron chi connectivity index (χ1n) is 9.34. The van der Waals surface area contributed by atoms with Crippen LogP contribution in [-0.2, 0) is 0 Å². The van der Waals surface area contributed by atoms with Crippen molar-refractivity contribution in [3.63, 3.8) is 0 Å². The highest BCUT2D eigenvalue weighted by Gasteiger charge is 2.27. The topological polar surface area (TPSA) is 71.3 Å². The second kappa shape index (κ2) is 6.78. The van der Waals surface area contributed by atoms with E-state index < -0.39 is 17.2 Å². The molecule has 1 saturated carbocycles. The van der Waals surface area contributed by atoms with Crippen LogP contribution in [0.2, 0.25) is 0 Å². The number of carboxylic acids is 1. The number of anilines is 2. The molecule has 5 nitrogen and oxygen atoms in total. The standard InChI is InChI=1S/C22H21FN2O3/c1-12(2)13-3-5-14(6-4-13)24-19-10-20-16(9-18(19)23)21(26)17(22(27)28)11-25(20)15-7-8-15/h3-6,9-12,15,24H,7-8H2,1-2H3,(H,27,28). The van der Waals surface area contributed by atoms with Crippen LogP contribution in [0, 0.1) is 5.82 Å². The van der Waals surface area contributed by atoms with Crippen LogP contribution in [0.3, 0.4) is 0 Å². The average molecular weight is 380 g/mol. The lowest BCUT2D eigenvalue weighted by Gasteiger charge is -2.15. The summed E-state index contributed by atoms with van der Waals surface area (Å²) in [6.07, 6.45) is 3.20. The van der Waals surface area contributed by atoms with E-state index in [2.05, 4.69) is 19.2 Å². The van der Waals surface area contributed by atoms with Crippen LogP contribution in [-0.4, -0.2) is 15.6 Å². The summed E-state index contributed by atoms with van der Waals surface area (Å²) in [5.74, 6) is -1.49. The maximum Gasteiger partial charge on any atom is 0.341 e. The summed E-state index contributed by atoms with van der Waals surface area (Å²) in [5, 5.41) is 12.5. The van der Waals surface area contributed by atoms with E-state index in [4.69, 9.17) is 0 Å². The van der Waals surface area contributed by atoms with Crippen molar-refractivity contribution in [3.8, 4) is 0 Å². The minimum atomic E-state index is -1.30. The molecule has 144 valence electrons. The maximum atomic E-state index is 14.7. The van der Waals surface area contributed by atoms with E-state index in [0.29, 0.717) is 11.4 Å². The van der Waals surface area contributed by atoms with Crippen molar-refractivity contribution in [2.24, 2.45) is 0 Å². The van der Waals surface area contributed by atoms with E-state index >= 15 is 0 Å². The molecule has 2 N–H and O–H groups in total. The van der Waals surface area contributed by atoms with Crippen molar-refractivity contribution in [2.75, 3.05) is 5.32 Å². The highest BCUT2D eigenvalue weighted by atomic mass is 19.1. The molecule has 28 heavy (non-hydrogen) atoms. The predicted molar refractivity (Wildman–Crippen MR) is 107 cm³/mol. The number of hydrogen-bond acceptors (Lipinski definition) is 3. The summed E-state index contributed by atoms with van der Waals surface area (Å²) >= 11 is 0. The fourth-order valence-electron chi connectivity index (χ4n) is 3.38. The smallest absolute Gasteiger partial charge is 0.341 e. The van der Waals surface area contributed by atoms with Gasteiger partial charge in [-0.15, -0.1) is 0 Å². The summed E-state index contributed by atoms with van der Waals surface area (Å²) < 4.78 is 16.5. The lowest BCUT2D eigenvalue weighted by Crippen LogP contribution is -2.19. The summed E-state index contributed by atoms with van der Waals surface area (Å²) in [6.45, 7) is 4.21. The lowest BCUT2D eigenvalue weighted by molar-refractivity contribution is 0.0695. The third-order valence-corrected chi connectivity index (χ3v) is 5.15. The summed E-state index contributed by atoms with van der Waals surface area (Å²) in [5.41, 5.74) is 1.73.